The van der Waals surface area contributed by atoms with Gasteiger partial charge in [0.15, 0.2) is 10.5 Å². The predicted molar refractivity (Wildman–Crippen MR) is 92.6 cm³/mol. The molecule has 0 saturated carbocycles. The molecule has 0 N–H and O–H groups in total. The van der Waals surface area contributed by atoms with Crippen molar-refractivity contribution in [1.29, 1.82) is 0 Å². The number of aryl methyl sites for hydroxylation is 3. The summed E-state index contributed by atoms with van der Waals surface area (Å²) in [7, 11) is 1.78. The number of amides is 1. The number of allylic oxidation sites excluding steroid dienone is 1. The Morgan fingerprint density at radius 2 is 2.13 bits per heavy atom. The summed E-state index contributed by atoms with van der Waals surface area (Å²) < 4.78 is 4.72. The summed E-state index contributed by atoms with van der Waals surface area (Å²) in [5.74, 6) is -0.330. The van der Waals surface area contributed by atoms with Gasteiger partial charge in [-0.3, -0.25) is 9.48 Å². The predicted octanol–water partition coefficient (Wildman–Crippen LogP) is 2.98. The number of rotatable bonds is 3. The van der Waals surface area contributed by atoms with Crippen molar-refractivity contribution in [2.24, 2.45) is 12.0 Å². The van der Waals surface area contributed by atoms with Crippen LogP contribution in [0.1, 0.15) is 21.6 Å². The van der Waals surface area contributed by atoms with E-state index in [1.807, 2.05) is 10.6 Å². The van der Waals surface area contributed by atoms with E-state index in [4.69, 9.17) is 0 Å². The Balaban J connectivity index is 2.19. The van der Waals surface area contributed by atoms with Crippen LogP contribution in [0.2, 0.25) is 0 Å². The first-order valence-corrected chi connectivity index (χ1v) is 8.11. The van der Waals surface area contributed by atoms with Crippen molar-refractivity contribution in [3.8, 4) is 0 Å². The quantitative estimate of drug-likeness (QED) is 0.695. The zero-order chi connectivity index (χ0) is 16.6. The minimum absolute atomic E-state index is 0.330. The standard InChI is InChI=1S/C17H18N4OS/c1-5-7-21-14-9-11(2)12(3)10-15(14)23-17(21)18-16(22)13-6-8-20(4)19-13/h5-6,8-10H,1,7H2,2-4H3. The zero-order valence-corrected chi connectivity index (χ0v) is 14.2. The molecule has 6 heteroatoms. The van der Waals surface area contributed by atoms with E-state index in [1.165, 1.54) is 22.5 Å². The Hall–Kier alpha value is -2.47. The minimum atomic E-state index is -0.330. The summed E-state index contributed by atoms with van der Waals surface area (Å²) in [5, 5.41) is 4.11. The summed E-state index contributed by atoms with van der Waals surface area (Å²) in [6.45, 7) is 8.58. The summed E-state index contributed by atoms with van der Waals surface area (Å²) >= 11 is 1.51. The fourth-order valence-electron chi connectivity index (χ4n) is 2.39. The molecule has 0 aliphatic heterocycles. The summed E-state index contributed by atoms with van der Waals surface area (Å²) in [6.07, 6.45) is 3.55. The third-order valence-electron chi connectivity index (χ3n) is 3.74. The third kappa shape index (κ3) is 2.90. The molecule has 5 nitrogen and oxygen atoms in total. The number of aromatic nitrogens is 3. The average Bonchev–Trinajstić information content (AvgIpc) is 3.06. The van der Waals surface area contributed by atoms with Crippen LogP contribution in [-0.2, 0) is 13.6 Å². The van der Waals surface area contributed by atoms with Gasteiger partial charge in [-0.05, 0) is 43.2 Å². The molecule has 0 aliphatic carbocycles. The molecular weight excluding hydrogens is 308 g/mol. The van der Waals surface area contributed by atoms with Crippen LogP contribution >= 0.6 is 11.3 Å². The van der Waals surface area contributed by atoms with Gasteiger partial charge in [-0.25, -0.2) is 0 Å². The van der Waals surface area contributed by atoms with Crippen molar-refractivity contribution in [2.45, 2.75) is 20.4 Å². The molecule has 3 rings (SSSR count). The highest BCUT2D eigenvalue weighted by molar-refractivity contribution is 7.16. The second kappa shape index (κ2) is 5.96. The highest BCUT2D eigenvalue weighted by Gasteiger charge is 2.11. The van der Waals surface area contributed by atoms with Gasteiger partial charge in [0.1, 0.15) is 0 Å². The van der Waals surface area contributed by atoms with Crippen molar-refractivity contribution in [3.05, 3.63) is 58.7 Å². The van der Waals surface area contributed by atoms with E-state index in [0.29, 0.717) is 17.0 Å². The first-order chi connectivity index (χ1) is 11.0. The highest BCUT2D eigenvalue weighted by Crippen LogP contribution is 2.22. The van der Waals surface area contributed by atoms with Gasteiger partial charge in [-0.1, -0.05) is 17.4 Å². The van der Waals surface area contributed by atoms with E-state index < -0.39 is 0 Å². The fourth-order valence-corrected chi connectivity index (χ4v) is 3.50. The molecule has 2 aromatic heterocycles. The zero-order valence-electron chi connectivity index (χ0n) is 13.4. The van der Waals surface area contributed by atoms with Gasteiger partial charge >= 0.3 is 0 Å². The second-order valence-corrected chi connectivity index (χ2v) is 6.49. The topological polar surface area (TPSA) is 52.2 Å². The number of benzene rings is 1. The van der Waals surface area contributed by atoms with E-state index in [0.717, 1.165) is 10.2 Å². The Kier molecular flexibility index (Phi) is 4.00. The molecule has 0 unspecified atom stereocenters. The second-order valence-electron chi connectivity index (χ2n) is 5.48. The lowest BCUT2D eigenvalue weighted by molar-refractivity contribution is 0.0992. The van der Waals surface area contributed by atoms with Gasteiger partial charge in [-0.15, -0.1) is 6.58 Å². The number of hydrogen-bond acceptors (Lipinski definition) is 3. The van der Waals surface area contributed by atoms with Crippen LogP contribution in [0.3, 0.4) is 0 Å². The number of carbonyl (C=O) groups is 1. The number of fused-ring (bicyclic) bond motifs is 1. The summed E-state index contributed by atoms with van der Waals surface area (Å²) in [4.78, 5) is 17.3. The molecular formula is C17H18N4OS. The van der Waals surface area contributed by atoms with Gasteiger partial charge < -0.3 is 4.57 Å². The maximum atomic E-state index is 12.3. The maximum Gasteiger partial charge on any atom is 0.300 e. The lowest BCUT2D eigenvalue weighted by Gasteiger charge is -2.03. The van der Waals surface area contributed by atoms with Crippen LogP contribution in [-0.4, -0.2) is 20.3 Å². The Labute approximate surface area is 138 Å². The smallest absolute Gasteiger partial charge is 0.300 e. The number of thiazole rings is 1. The summed E-state index contributed by atoms with van der Waals surface area (Å²) in [5.41, 5.74) is 3.87. The molecule has 0 spiro atoms. The van der Waals surface area contributed by atoms with Crippen molar-refractivity contribution in [1.82, 2.24) is 14.3 Å². The van der Waals surface area contributed by atoms with Crippen LogP contribution in [0.4, 0.5) is 0 Å². The first-order valence-electron chi connectivity index (χ1n) is 7.30. The van der Waals surface area contributed by atoms with E-state index in [-0.39, 0.29) is 5.91 Å². The third-order valence-corrected chi connectivity index (χ3v) is 4.78. The fraction of sp³-hybridized carbons (Fsp3) is 0.235. The van der Waals surface area contributed by atoms with Gasteiger partial charge in [0.2, 0.25) is 0 Å². The molecule has 0 radical (unpaired) electrons. The molecule has 118 valence electrons. The number of nitrogens with zero attached hydrogens (tertiary/aromatic N) is 4. The van der Waals surface area contributed by atoms with Crippen molar-refractivity contribution in [3.63, 3.8) is 0 Å². The molecule has 0 atom stereocenters. The monoisotopic (exact) mass is 326 g/mol. The van der Waals surface area contributed by atoms with Crippen molar-refractivity contribution < 1.29 is 4.79 Å². The van der Waals surface area contributed by atoms with Crippen LogP contribution in [0.5, 0.6) is 0 Å². The molecule has 0 aliphatic rings. The Morgan fingerprint density at radius 1 is 1.39 bits per heavy atom. The van der Waals surface area contributed by atoms with Crippen LogP contribution in [0, 0.1) is 13.8 Å². The molecule has 2 heterocycles. The normalized spacial score (nSPS) is 12.0. The number of carbonyl (C=O) groups excluding carboxylic acids is 1. The molecule has 0 fully saturated rings. The molecule has 1 amide bonds. The Morgan fingerprint density at radius 3 is 2.78 bits per heavy atom. The molecule has 1 aromatic carbocycles. The van der Waals surface area contributed by atoms with Gasteiger partial charge in [0, 0.05) is 19.8 Å². The van der Waals surface area contributed by atoms with E-state index in [2.05, 4.69) is 42.7 Å². The lowest BCUT2D eigenvalue weighted by atomic mass is 10.1. The average molecular weight is 326 g/mol. The van der Waals surface area contributed by atoms with E-state index in [9.17, 15) is 4.79 Å². The van der Waals surface area contributed by atoms with Gasteiger partial charge in [0.25, 0.3) is 5.91 Å². The van der Waals surface area contributed by atoms with Crippen molar-refractivity contribution in [2.75, 3.05) is 0 Å². The van der Waals surface area contributed by atoms with Crippen LogP contribution in [0.15, 0.2) is 42.0 Å². The molecule has 0 bridgehead atoms. The van der Waals surface area contributed by atoms with E-state index >= 15 is 0 Å². The van der Waals surface area contributed by atoms with Crippen LogP contribution < -0.4 is 4.80 Å². The SMILES string of the molecule is C=CCn1c(=NC(=O)c2ccn(C)n2)sc2cc(C)c(C)cc21. The lowest BCUT2D eigenvalue weighted by Crippen LogP contribution is -2.16. The highest BCUT2D eigenvalue weighted by atomic mass is 32.1. The molecule has 0 saturated heterocycles. The number of hydrogen-bond donors (Lipinski definition) is 0. The first kappa shape index (κ1) is 15.4. The maximum absolute atomic E-state index is 12.3. The van der Waals surface area contributed by atoms with Gasteiger partial charge in [0.05, 0.1) is 10.2 Å². The van der Waals surface area contributed by atoms with Crippen molar-refractivity contribution >= 4 is 27.5 Å². The largest absolute Gasteiger partial charge is 0.312 e. The van der Waals surface area contributed by atoms with E-state index in [1.54, 1.807) is 24.0 Å². The minimum Gasteiger partial charge on any atom is -0.312 e. The Bertz CT molecular complexity index is 974. The molecule has 3 aromatic rings. The summed E-state index contributed by atoms with van der Waals surface area (Å²) in [6, 6.07) is 5.94. The van der Waals surface area contributed by atoms with Crippen LogP contribution in [0.25, 0.3) is 10.2 Å². The molecule has 23 heavy (non-hydrogen) atoms. The van der Waals surface area contributed by atoms with Gasteiger partial charge in [-0.2, -0.15) is 10.1 Å².